The van der Waals surface area contributed by atoms with Gasteiger partial charge in [0.25, 0.3) is 0 Å². The average molecular weight is 239 g/mol. The first-order chi connectivity index (χ1) is 7.77. The zero-order chi connectivity index (χ0) is 11.5. The molecule has 0 amide bonds. The fourth-order valence-electron chi connectivity index (χ4n) is 1.56. The van der Waals surface area contributed by atoms with Crippen LogP contribution in [0.5, 0.6) is 5.75 Å². The van der Waals surface area contributed by atoms with Crippen LogP contribution in [0.15, 0.2) is 17.9 Å². The molecule has 0 bridgehead atoms. The summed E-state index contributed by atoms with van der Waals surface area (Å²) in [5.41, 5.74) is 2.37. The second-order valence-electron chi connectivity index (χ2n) is 3.22. The van der Waals surface area contributed by atoms with Gasteiger partial charge in [-0.1, -0.05) is 0 Å². The summed E-state index contributed by atoms with van der Waals surface area (Å²) in [7, 11) is 1.57. The molecule has 2 heterocycles. The van der Waals surface area contributed by atoms with Crippen molar-refractivity contribution in [1.82, 2.24) is 14.8 Å². The standard InChI is InChI=1S/C10H13N3O2S/c1-3-13-9(7(15-2)4-12-13)10(14)8-5-11-6-16-8/h4-6,10,14H,3H2,1-2H3. The molecule has 0 aliphatic heterocycles. The normalized spacial score (nSPS) is 12.7. The van der Waals surface area contributed by atoms with Gasteiger partial charge in [0.1, 0.15) is 11.8 Å². The van der Waals surface area contributed by atoms with Crippen LogP contribution in [0.25, 0.3) is 0 Å². The van der Waals surface area contributed by atoms with E-state index in [2.05, 4.69) is 10.1 Å². The van der Waals surface area contributed by atoms with E-state index >= 15 is 0 Å². The second kappa shape index (κ2) is 4.63. The first kappa shape index (κ1) is 11.1. The van der Waals surface area contributed by atoms with Crippen LogP contribution in [0.2, 0.25) is 0 Å². The van der Waals surface area contributed by atoms with E-state index < -0.39 is 6.10 Å². The summed E-state index contributed by atoms with van der Waals surface area (Å²) in [6, 6.07) is 0. The summed E-state index contributed by atoms with van der Waals surface area (Å²) < 4.78 is 6.91. The van der Waals surface area contributed by atoms with Crippen LogP contribution in [0, 0.1) is 0 Å². The fraction of sp³-hybridized carbons (Fsp3) is 0.400. The molecular formula is C10H13N3O2S. The van der Waals surface area contributed by atoms with Gasteiger partial charge in [-0.2, -0.15) is 5.10 Å². The number of hydrogen-bond acceptors (Lipinski definition) is 5. The Bertz CT molecular complexity index is 431. The third-order valence-corrected chi connectivity index (χ3v) is 3.17. The van der Waals surface area contributed by atoms with Crippen molar-refractivity contribution < 1.29 is 9.84 Å². The van der Waals surface area contributed by atoms with Crippen LogP contribution in [0.1, 0.15) is 23.6 Å². The Morgan fingerprint density at radius 1 is 1.56 bits per heavy atom. The molecule has 0 aliphatic rings. The Hall–Kier alpha value is -1.40. The first-order valence-corrected chi connectivity index (χ1v) is 5.82. The lowest BCUT2D eigenvalue weighted by molar-refractivity contribution is 0.206. The van der Waals surface area contributed by atoms with E-state index in [0.717, 1.165) is 4.88 Å². The van der Waals surface area contributed by atoms with E-state index in [1.165, 1.54) is 11.3 Å². The lowest BCUT2D eigenvalue weighted by Crippen LogP contribution is -2.09. The average Bonchev–Trinajstić information content (AvgIpc) is 2.96. The van der Waals surface area contributed by atoms with Gasteiger partial charge < -0.3 is 9.84 Å². The van der Waals surface area contributed by atoms with Crippen molar-refractivity contribution in [1.29, 1.82) is 0 Å². The largest absolute Gasteiger partial charge is 0.493 e. The monoisotopic (exact) mass is 239 g/mol. The van der Waals surface area contributed by atoms with Crippen LogP contribution in [-0.4, -0.2) is 27.0 Å². The SMILES string of the molecule is CCn1ncc(OC)c1C(O)c1cncs1. The highest BCUT2D eigenvalue weighted by Crippen LogP contribution is 2.31. The van der Waals surface area contributed by atoms with Crippen molar-refractivity contribution >= 4 is 11.3 Å². The van der Waals surface area contributed by atoms with Crippen LogP contribution in [0.3, 0.4) is 0 Å². The Kier molecular flexibility index (Phi) is 3.21. The van der Waals surface area contributed by atoms with E-state index in [1.54, 1.807) is 29.7 Å². The number of aromatic nitrogens is 3. The van der Waals surface area contributed by atoms with Gasteiger partial charge in [0.05, 0.1) is 23.7 Å². The maximum atomic E-state index is 10.2. The highest BCUT2D eigenvalue weighted by Gasteiger charge is 2.21. The van der Waals surface area contributed by atoms with Crippen molar-refractivity contribution in [2.24, 2.45) is 0 Å². The third-order valence-electron chi connectivity index (χ3n) is 2.34. The molecule has 1 unspecified atom stereocenters. The van der Waals surface area contributed by atoms with Crippen molar-refractivity contribution in [2.75, 3.05) is 7.11 Å². The Balaban J connectivity index is 2.41. The van der Waals surface area contributed by atoms with E-state index in [4.69, 9.17) is 4.74 Å². The molecule has 1 atom stereocenters. The topological polar surface area (TPSA) is 60.2 Å². The van der Waals surface area contributed by atoms with Crippen molar-refractivity contribution in [3.05, 3.63) is 28.5 Å². The Morgan fingerprint density at radius 3 is 2.94 bits per heavy atom. The smallest absolute Gasteiger partial charge is 0.163 e. The molecule has 0 aliphatic carbocycles. The van der Waals surface area contributed by atoms with Crippen LogP contribution in [-0.2, 0) is 6.54 Å². The predicted octanol–water partition coefficient (Wildman–Crippen LogP) is 1.45. The maximum absolute atomic E-state index is 10.2. The number of thiazole rings is 1. The summed E-state index contributed by atoms with van der Waals surface area (Å²) in [5.74, 6) is 0.600. The predicted molar refractivity (Wildman–Crippen MR) is 60.6 cm³/mol. The molecule has 2 aromatic rings. The van der Waals surface area contributed by atoms with Crippen LogP contribution in [0.4, 0.5) is 0 Å². The summed E-state index contributed by atoms with van der Waals surface area (Å²) in [6.07, 6.45) is 2.54. The molecular weight excluding hydrogens is 226 g/mol. The summed E-state index contributed by atoms with van der Waals surface area (Å²) in [5, 5.41) is 14.4. The molecule has 1 N–H and O–H groups in total. The molecule has 0 spiro atoms. The lowest BCUT2D eigenvalue weighted by Gasteiger charge is -2.12. The van der Waals surface area contributed by atoms with Crippen molar-refractivity contribution in [3.8, 4) is 5.75 Å². The molecule has 0 radical (unpaired) electrons. The minimum Gasteiger partial charge on any atom is -0.493 e. The molecule has 0 aromatic carbocycles. The zero-order valence-electron chi connectivity index (χ0n) is 9.12. The Morgan fingerprint density at radius 2 is 2.38 bits per heavy atom. The van der Waals surface area contributed by atoms with Gasteiger partial charge in [-0.05, 0) is 6.92 Å². The number of rotatable bonds is 4. The lowest BCUT2D eigenvalue weighted by atomic mass is 10.2. The van der Waals surface area contributed by atoms with Crippen molar-refractivity contribution in [2.45, 2.75) is 19.6 Å². The number of aryl methyl sites for hydroxylation is 1. The number of hydrogen-bond donors (Lipinski definition) is 1. The molecule has 0 fully saturated rings. The molecule has 0 saturated heterocycles. The van der Waals surface area contributed by atoms with Gasteiger partial charge in [0.2, 0.25) is 0 Å². The zero-order valence-corrected chi connectivity index (χ0v) is 9.94. The number of ether oxygens (including phenoxy) is 1. The molecule has 6 heteroatoms. The molecule has 5 nitrogen and oxygen atoms in total. The molecule has 16 heavy (non-hydrogen) atoms. The molecule has 2 aromatic heterocycles. The quantitative estimate of drug-likeness (QED) is 0.877. The fourth-order valence-corrected chi connectivity index (χ4v) is 2.16. The molecule has 86 valence electrons. The van der Waals surface area contributed by atoms with Crippen LogP contribution >= 0.6 is 11.3 Å². The first-order valence-electron chi connectivity index (χ1n) is 4.94. The molecule has 2 rings (SSSR count). The van der Waals surface area contributed by atoms with E-state index in [9.17, 15) is 5.11 Å². The summed E-state index contributed by atoms with van der Waals surface area (Å²) >= 11 is 1.41. The Labute approximate surface area is 97.3 Å². The van der Waals surface area contributed by atoms with Gasteiger partial charge in [-0.3, -0.25) is 9.67 Å². The van der Waals surface area contributed by atoms with E-state index in [0.29, 0.717) is 18.0 Å². The highest BCUT2D eigenvalue weighted by atomic mass is 32.1. The number of nitrogens with zero attached hydrogens (tertiary/aromatic N) is 3. The van der Waals surface area contributed by atoms with Crippen LogP contribution < -0.4 is 4.74 Å². The van der Waals surface area contributed by atoms with Gasteiger partial charge in [0, 0.05) is 12.7 Å². The minimum atomic E-state index is -0.732. The number of aliphatic hydroxyl groups excluding tert-OH is 1. The third kappa shape index (κ3) is 1.81. The van der Waals surface area contributed by atoms with Gasteiger partial charge in [-0.25, -0.2) is 0 Å². The van der Waals surface area contributed by atoms with Gasteiger partial charge in [-0.15, -0.1) is 11.3 Å². The van der Waals surface area contributed by atoms with Gasteiger partial charge in [0.15, 0.2) is 5.75 Å². The maximum Gasteiger partial charge on any atom is 0.163 e. The second-order valence-corrected chi connectivity index (χ2v) is 4.14. The summed E-state index contributed by atoms with van der Waals surface area (Å²) in [6.45, 7) is 2.66. The van der Waals surface area contributed by atoms with E-state index in [-0.39, 0.29) is 0 Å². The molecule has 0 saturated carbocycles. The van der Waals surface area contributed by atoms with Crippen molar-refractivity contribution in [3.63, 3.8) is 0 Å². The number of methoxy groups -OCH3 is 1. The summed E-state index contributed by atoms with van der Waals surface area (Å²) in [4.78, 5) is 4.74. The minimum absolute atomic E-state index is 0.600. The van der Waals surface area contributed by atoms with Gasteiger partial charge >= 0.3 is 0 Å². The number of aliphatic hydroxyl groups is 1. The van der Waals surface area contributed by atoms with E-state index in [1.807, 2.05) is 6.92 Å². The highest BCUT2D eigenvalue weighted by molar-refractivity contribution is 7.09.